The molecule has 0 aromatic carbocycles. The van der Waals surface area contributed by atoms with Crippen LogP contribution in [0.5, 0.6) is 0 Å². The van der Waals surface area contributed by atoms with Crippen molar-refractivity contribution in [3.05, 3.63) is 0 Å². The monoisotopic (exact) mass is 268 g/mol. The smallest absolute Gasteiger partial charge is 0.410 e. The van der Waals surface area contributed by atoms with E-state index in [2.05, 4.69) is 0 Å². The molecule has 1 amide bonds. The lowest BCUT2D eigenvalue weighted by atomic mass is 9.57. The van der Waals surface area contributed by atoms with Crippen LogP contribution >= 0.6 is 0 Å². The first-order chi connectivity index (χ1) is 8.63. The molecule has 0 aromatic rings. The third kappa shape index (κ3) is 3.41. The topological polar surface area (TPSA) is 55.6 Å². The van der Waals surface area contributed by atoms with Gasteiger partial charge < -0.3 is 15.4 Å². The van der Waals surface area contributed by atoms with E-state index in [1.54, 1.807) is 4.90 Å². The highest BCUT2D eigenvalue weighted by atomic mass is 16.6. The maximum absolute atomic E-state index is 12.0. The van der Waals surface area contributed by atoms with Crippen molar-refractivity contribution >= 4 is 6.09 Å². The Morgan fingerprint density at radius 1 is 1.16 bits per heavy atom. The fourth-order valence-electron chi connectivity index (χ4n) is 3.44. The first-order valence-corrected chi connectivity index (χ1v) is 7.36. The van der Waals surface area contributed by atoms with Gasteiger partial charge in [0.2, 0.25) is 0 Å². The molecule has 3 fully saturated rings. The Kier molecular flexibility index (Phi) is 3.58. The van der Waals surface area contributed by atoms with Crippen molar-refractivity contribution in [1.29, 1.82) is 0 Å². The zero-order chi connectivity index (χ0) is 14.3. The van der Waals surface area contributed by atoms with Crippen LogP contribution in [0.3, 0.4) is 0 Å². The Bertz CT molecular complexity index is 335. The van der Waals surface area contributed by atoms with E-state index in [-0.39, 0.29) is 17.0 Å². The lowest BCUT2D eigenvalue weighted by molar-refractivity contribution is -0.00512. The van der Waals surface area contributed by atoms with Gasteiger partial charge in [0, 0.05) is 19.1 Å². The summed E-state index contributed by atoms with van der Waals surface area (Å²) in [5.74, 6) is 0. The highest BCUT2D eigenvalue weighted by Crippen LogP contribution is 2.51. The maximum Gasteiger partial charge on any atom is 0.410 e. The average molecular weight is 268 g/mol. The summed E-state index contributed by atoms with van der Waals surface area (Å²) in [6, 6.07) is 0. The molecule has 0 atom stereocenters. The van der Waals surface area contributed by atoms with E-state index in [1.165, 1.54) is 0 Å². The van der Waals surface area contributed by atoms with Crippen molar-refractivity contribution in [2.24, 2.45) is 11.1 Å². The number of nitrogens with two attached hydrogens (primary N) is 1. The van der Waals surface area contributed by atoms with E-state index in [9.17, 15) is 4.79 Å². The van der Waals surface area contributed by atoms with Crippen LogP contribution < -0.4 is 5.73 Å². The van der Waals surface area contributed by atoms with Gasteiger partial charge in [-0.25, -0.2) is 4.79 Å². The van der Waals surface area contributed by atoms with Gasteiger partial charge in [-0.15, -0.1) is 0 Å². The number of hydrogen-bond donors (Lipinski definition) is 1. The summed E-state index contributed by atoms with van der Waals surface area (Å²) in [5, 5.41) is 0. The molecule has 2 N–H and O–H groups in total. The molecule has 0 aliphatic heterocycles. The fourth-order valence-corrected chi connectivity index (χ4v) is 3.44. The number of hydrogen-bond acceptors (Lipinski definition) is 3. The molecule has 3 saturated carbocycles. The van der Waals surface area contributed by atoms with Crippen molar-refractivity contribution in [3.63, 3.8) is 0 Å². The largest absolute Gasteiger partial charge is 0.444 e. The van der Waals surface area contributed by atoms with Crippen molar-refractivity contribution in [3.8, 4) is 0 Å². The van der Waals surface area contributed by atoms with Gasteiger partial charge in [-0.2, -0.15) is 0 Å². The Labute approximate surface area is 116 Å². The number of ether oxygens (including phenoxy) is 1. The summed E-state index contributed by atoms with van der Waals surface area (Å²) in [5.41, 5.74) is 6.28. The van der Waals surface area contributed by atoms with Gasteiger partial charge in [-0.1, -0.05) is 0 Å². The Morgan fingerprint density at radius 2 is 1.63 bits per heavy atom. The summed E-state index contributed by atoms with van der Waals surface area (Å²) < 4.78 is 5.43. The normalized spacial score (nSPS) is 34.2. The highest BCUT2D eigenvalue weighted by molar-refractivity contribution is 5.67. The molecule has 0 saturated heterocycles. The summed E-state index contributed by atoms with van der Waals surface area (Å²) in [4.78, 5) is 13.8. The Balaban J connectivity index is 1.92. The van der Waals surface area contributed by atoms with Crippen molar-refractivity contribution in [1.82, 2.24) is 4.90 Å². The van der Waals surface area contributed by atoms with Crippen LogP contribution in [-0.4, -0.2) is 35.7 Å². The second kappa shape index (κ2) is 4.65. The van der Waals surface area contributed by atoms with Crippen LogP contribution in [-0.2, 0) is 4.74 Å². The summed E-state index contributed by atoms with van der Waals surface area (Å²) in [7, 11) is 1.85. The molecule has 0 spiro atoms. The number of fused-ring (bicyclic) bond motifs is 3. The van der Waals surface area contributed by atoms with Crippen LogP contribution in [0, 0.1) is 5.41 Å². The Hall–Kier alpha value is -0.770. The molecule has 0 heterocycles. The number of nitrogens with zero attached hydrogens (tertiary/aromatic N) is 1. The lowest BCUT2D eigenvalue weighted by Crippen LogP contribution is -2.55. The molecule has 2 bridgehead atoms. The van der Waals surface area contributed by atoms with E-state index in [0.29, 0.717) is 0 Å². The average Bonchev–Trinajstić information content (AvgIpc) is 2.29. The third-order valence-electron chi connectivity index (χ3n) is 4.74. The molecule has 0 radical (unpaired) electrons. The summed E-state index contributed by atoms with van der Waals surface area (Å²) in [6.45, 7) is 6.51. The second-order valence-electron chi connectivity index (χ2n) is 7.70. The maximum atomic E-state index is 12.0. The molecule has 3 rings (SSSR count). The highest BCUT2D eigenvalue weighted by Gasteiger charge is 2.47. The lowest BCUT2D eigenvalue weighted by Gasteiger charge is -2.52. The van der Waals surface area contributed by atoms with Gasteiger partial charge in [0.1, 0.15) is 5.60 Å². The number of carbonyl (C=O) groups excluding carboxylic acids is 1. The van der Waals surface area contributed by atoms with Crippen molar-refractivity contribution < 1.29 is 9.53 Å². The van der Waals surface area contributed by atoms with Crippen molar-refractivity contribution in [2.75, 3.05) is 13.6 Å². The molecule has 19 heavy (non-hydrogen) atoms. The van der Waals surface area contributed by atoms with E-state index >= 15 is 0 Å². The molecule has 3 aliphatic rings. The summed E-state index contributed by atoms with van der Waals surface area (Å²) in [6.07, 6.45) is 6.56. The van der Waals surface area contributed by atoms with E-state index in [1.807, 2.05) is 27.8 Å². The van der Waals surface area contributed by atoms with E-state index < -0.39 is 5.60 Å². The fraction of sp³-hybridized carbons (Fsp3) is 0.933. The Morgan fingerprint density at radius 3 is 2.05 bits per heavy atom. The SMILES string of the molecule is CN(CC12CCC(N)(CC1)CC2)C(=O)OC(C)(C)C. The predicted octanol–water partition coefficient (Wildman–Crippen LogP) is 2.91. The van der Waals surface area contributed by atoms with E-state index in [4.69, 9.17) is 10.5 Å². The second-order valence-corrected chi connectivity index (χ2v) is 7.70. The van der Waals surface area contributed by atoms with Gasteiger partial charge in [-0.3, -0.25) is 0 Å². The van der Waals surface area contributed by atoms with Crippen LogP contribution in [0.25, 0.3) is 0 Å². The molecular formula is C15H28N2O2. The van der Waals surface area contributed by atoms with Crippen LogP contribution in [0.1, 0.15) is 59.3 Å². The quantitative estimate of drug-likeness (QED) is 0.837. The van der Waals surface area contributed by atoms with Gasteiger partial charge in [0.15, 0.2) is 0 Å². The van der Waals surface area contributed by atoms with E-state index in [0.717, 1.165) is 45.1 Å². The molecule has 4 heteroatoms. The minimum atomic E-state index is -0.422. The summed E-state index contributed by atoms with van der Waals surface area (Å²) >= 11 is 0. The minimum Gasteiger partial charge on any atom is -0.444 e. The third-order valence-corrected chi connectivity index (χ3v) is 4.74. The first kappa shape index (κ1) is 14.6. The van der Waals surface area contributed by atoms with Crippen LogP contribution in [0.4, 0.5) is 4.79 Å². The number of carbonyl (C=O) groups is 1. The first-order valence-electron chi connectivity index (χ1n) is 7.36. The molecule has 110 valence electrons. The molecular weight excluding hydrogens is 240 g/mol. The predicted molar refractivity (Wildman–Crippen MR) is 75.9 cm³/mol. The minimum absolute atomic E-state index is 0.0895. The van der Waals surface area contributed by atoms with Gasteiger partial charge in [0.05, 0.1) is 0 Å². The zero-order valence-electron chi connectivity index (χ0n) is 12.8. The molecule has 3 aliphatic carbocycles. The zero-order valence-corrected chi connectivity index (χ0v) is 12.8. The number of amides is 1. The van der Waals surface area contributed by atoms with Crippen LogP contribution in [0.15, 0.2) is 0 Å². The number of rotatable bonds is 2. The molecule has 4 nitrogen and oxygen atoms in total. The van der Waals surface area contributed by atoms with Gasteiger partial charge in [-0.05, 0) is 64.7 Å². The molecule has 0 aromatic heterocycles. The van der Waals surface area contributed by atoms with Gasteiger partial charge in [0.25, 0.3) is 0 Å². The van der Waals surface area contributed by atoms with Gasteiger partial charge >= 0.3 is 6.09 Å². The molecule has 0 unspecified atom stereocenters. The van der Waals surface area contributed by atoms with Crippen molar-refractivity contribution in [2.45, 2.75) is 70.4 Å². The standard InChI is InChI=1S/C15H28N2O2/c1-13(2,3)19-12(18)17(4)11-14-5-8-15(16,9-6-14)10-7-14/h5-11,16H2,1-4H3. The van der Waals surface area contributed by atoms with Crippen LogP contribution in [0.2, 0.25) is 0 Å².